The molecular formula is C12H19NO4S. The second-order valence-corrected chi connectivity index (χ2v) is 6.04. The minimum absolute atomic E-state index is 0.0429. The summed E-state index contributed by atoms with van der Waals surface area (Å²) in [6, 6.07) is 0. The number of aliphatic carboxylic acids is 1. The van der Waals surface area contributed by atoms with Gasteiger partial charge in [0.2, 0.25) is 5.91 Å². The van der Waals surface area contributed by atoms with Gasteiger partial charge in [0.25, 0.3) is 0 Å². The zero-order valence-electron chi connectivity index (χ0n) is 10.3. The SMILES string of the molecule is O=C(C[C@@H]1CCCCO1)N[C@]1(C(=O)O)CCSC1. The maximum Gasteiger partial charge on any atom is 0.330 e. The zero-order chi connectivity index (χ0) is 13.0. The van der Waals surface area contributed by atoms with Crippen LogP contribution in [-0.2, 0) is 14.3 Å². The molecule has 1 amide bonds. The van der Waals surface area contributed by atoms with E-state index < -0.39 is 11.5 Å². The van der Waals surface area contributed by atoms with Crippen molar-refractivity contribution < 1.29 is 19.4 Å². The van der Waals surface area contributed by atoms with Crippen molar-refractivity contribution in [2.75, 3.05) is 18.1 Å². The number of carbonyl (C=O) groups is 2. The highest BCUT2D eigenvalue weighted by atomic mass is 32.2. The summed E-state index contributed by atoms with van der Waals surface area (Å²) in [5.41, 5.74) is -1.06. The number of rotatable bonds is 4. The van der Waals surface area contributed by atoms with Crippen molar-refractivity contribution >= 4 is 23.6 Å². The van der Waals surface area contributed by atoms with E-state index in [1.807, 2.05) is 0 Å². The number of carbonyl (C=O) groups excluding carboxylic acids is 1. The molecule has 0 bridgehead atoms. The third-order valence-corrected chi connectivity index (χ3v) is 4.69. The van der Waals surface area contributed by atoms with Crippen molar-refractivity contribution in [1.29, 1.82) is 0 Å². The first kappa shape index (κ1) is 13.7. The van der Waals surface area contributed by atoms with Crippen molar-refractivity contribution in [3.05, 3.63) is 0 Å². The van der Waals surface area contributed by atoms with Gasteiger partial charge in [-0.25, -0.2) is 4.79 Å². The Labute approximate surface area is 111 Å². The normalized spacial score (nSPS) is 32.1. The smallest absolute Gasteiger partial charge is 0.330 e. The van der Waals surface area contributed by atoms with Gasteiger partial charge in [-0.1, -0.05) is 0 Å². The van der Waals surface area contributed by atoms with Gasteiger partial charge in [-0.05, 0) is 31.4 Å². The Kier molecular flexibility index (Phi) is 4.50. The molecule has 0 aromatic rings. The molecule has 0 saturated carbocycles. The molecule has 18 heavy (non-hydrogen) atoms. The third-order valence-electron chi connectivity index (χ3n) is 3.50. The van der Waals surface area contributed by atoms with Crippen LogP contribution in [0.25, 0.3) is 0 Å². The van der Waals surface area contributed by atoms with E-state index in [2.05, 4.69) is 5.32 Å². The van der Waals surface area contributed by atoms with Crippen LogP contribution in [-0.4, -0.2) is 46.7 Å². The van der Waals surface area contributed by atoms with Gasteiger partial charge in [-0.2, -0.15) is 11.8 Å². The van der Waals surface area contributed by atoms with Crippen LogP contribution in [0.5, 0.6) is 0 Å². The second kappa shape index (κ2) is 5.93. The Morgan fingerprint density at radius 3 is 2.83 bits per heavy atom. The lowest BCUT2D eigenvalue weighted by molar-refractivity contribution is -0.147. The van der Waals surface area contributed by atoms with Gasteiger partial charge >= 0.3 is 5.97 Å². The van der Waals surface area contributed by atoms with Gasteiger partial charge in [0.1, 0.15) is 5.54 Å². The minimum Gasteiger partial charge on any atom is -0.479 e. The van der Waals surface area contributed by atoms with Gasteiger partial charge < -0.3 is 15.2 Å². The van der Waals surface area contributed by atoms with E-state index in [1.165, 1.54) is 0 Å². The molecule has 0 unspecified atom stereocenters. The Morgan fingerprint density at radius 1 is 1.44 bits per heavy atom. The van der Waals surface area contributed by atoms with Crippen molar-refractivity contribution in [2.24, 2.45) is 0 Å². The summed E-state index contributed by atoms with van der Waals surface area (Å²) in [4.78, 5) is 23.2. The van der Waals surface area contributed by atoms with Gasteiger partial charge in [0, 0.05) is 12.4 Å². The quantitative estimate of drug-likeness (QED) is 0.800. The van der Waals surface area contributed by atoms with Crippen LogP contribution in [0.1, 0.15) is 32.1 Å². The summed E-state index contributed by atoms with van der Waals surface area (Å²) in [5.74, 6) is 0.115. The topological polar surface area (TPSA) is 75.6 Å². The van der Waals surface area contributed by atoms with Crippen LogP contribution in [0.3, 0.4) is 0 Å². The molecule has 2 aliphatic rings. The van der Waals surface area contributed by atoms with Crippen LogP contribution < -0.4 is 5.32 Å². The van der Waals surface area contributed by atoms with Gasteiger partial charge in [0.15, 0.2) is 0 Å². The highest BCUT2D eigenvalue weighted by Gasteiger charge is 2.43. The summed E-state index contributed by atoms with van der Waals surface area (Å²) in [6.45, 7) is 0.706. The lowest BCUT2D eigenvalue weighted by Gasteiger charge is -2.27. The molecule has 5 nitrogen and oxygen atoms in total. The molecule has 0 aromatic heterocycles. The molecule has 2 aliphatic heterocycles. The van der Waals surface area contributed by atoms with Gasteiger partial charge in [0.05, 0.1) is 12.5 Å². The van der Waals surface area contributed by atoms with Gasteiger partial charge in [-0.3, -0.25) is 4.79 Å². The summed E-state index contributed by atoms with van der Waals surface area (Å²) < 4.78 is 5.49. The first-order valence-corrected chi connectivity index (χ1v) is 7.52. The van der Waals surface area contributed by atoms with E-state index in [0.717, 1.165) is 25.0 Å². The van der Waals surface area contributed by atoms with E-state index in [0.29, 0.717) is 18.8 Å². The number of carboxylic acid groups (broad SMARTS) is 1. The van der Waals surface area contributed by atoms with E-state index in [1.54, 1.807) is 11.8 Å². The molecule has 2 heterocycles. The molecule has 0 aliphatic carbocycles. The van der Waals surface area contributed by atoms with Crippen molar-refractivity contribution in [1.82, 2.24) is 5.32 Å². The molecule has 2 rings (SSSR count). The second-order valence-electron chi connectivity index (χ2n) is 4.93. The molecule has 0 spiro atoms. The lowest BCUT2D eigenvalue weighted by atomic mass is 9.98. The standard InChI is InChI=1S/C12H19NO4S/c14-10(7-9-3-1-2-5-17-9)13-12(11(15)16)4-6-18-8-12/h9H,1-8H2,(H,13,14)(H,15,16)/t9-,12+/m0/s1. The highest BCUT2D eigenvalue weighted by Crippen LogP contribution is 2.28. The Bertz CT molecular complexity index is 322. The molecule has 0 aromatic carbocycles. The number of hydrogen-bond acceptors (Lipinski definition) is 4. The summed E-state index contributed by atoms with van der Waals surface area (Å²) >= 11 is 1.57. The molecule has 2 atom stereocenters. The molecule has 2 N–H and O–H groups in total. The van der Waals surface area contributed by atoms with Crippen LogP contribution in [0.15, 0.2) is 0 Å². The van der Waals surface area contributed by atoms with Crippen LogP contribution in [0, 0.1) is 0 Å². The summed E-state index contributed by atoms with van der Waals surface area (Å²) in [5, 5.41) is 12.0. The number of amides is 1. The van der Waals surface area contributed by atoms with Crippen molar-refractivity contribution in [3.63, 3.8) is 0 Å². The summed E-state index contributed by atoms with van der Waals surface area (Å²) in [7, 11) is 0. The predicted molar refractivity (Wildman–Crippen MR) is 68.7 cm³/mol. The molecule has 0 radical (unpaired) electrons. The number of carboxylic acids is 1. The maximum atomic E-state index is 11.9. The lowest BCUT2D eigenvalue weighted by Crippen LogP contribution is -2.55. The number of hydrogen-bond donors (Lipinski definition) is 2. The molecular weight excluding hydrogens is 254 g/mol. The Morgan fingerprint density at radius 2 is 2.28 bits per heavy atom. The molecule has 102 valence electrons. The van der Waals surface area contributed by atoms with Crippen molar-refractivity contribution in [2.45, 2.75) is 43.7 Å². The Hall–Kier alpha value is -0.750. The van der Waals surface area contributed by atoms with Crippen molar-refractivity contribution in [3.8, 4) is 0 Å². The minimum atomic E-state index is -1.06. The van der Waals surface area contributed by atoms with E-state index >= 15 is 0 Å². The van der Waals surface area contributed by atoms with E-state index in [4.69, 9.17) is 4.74 Å². The molecule has 2 fully saturated rings. The largest absolute Gasteiger partial charge is 0.479 e. The maximum absolute atomic E-state index is 11.9. The first-order chi connectivity index (χ1) is 8.62. The monoisotopic (exact) mass is 273 g/mol. The number of nitrogens with one attached hydrogen (secondary N) is 1. The average Bonchev–Trinajstić information content (AvgIpc) is 2.80. The molecule has 6 heteroatoms. The van der Waals surface area contributed by atoms with E-state index in [-0.39, 0.29) is 18.4 Å². The fourth-order valence-electron chi connectivity index (χ4n) is 2.38. The highest BCUT2D eigenvalue weighted by molar-refractivity contribution is 7.99. The van der Waals surface area contributed by atoms with Crippen LogP contribution in [0.2, 0.25) is 0 Å². The average molecular weight is 273 g/mol. The first-order valence-electron chi connectivity index (χ1n) is 6.36. The number of thioether (sulfide) groups is 1. The summed E-state index contributed by atoms with van der Waals surface area (Å²) in [6.07, 6.45) is 3.76. The van der Waals surface area contributed by atoms with Crippen LogP contribution >= 0.6 is 11.8 Å². The third kappa shape index (κ3) is 3.17. The van der Waals surface area contributed by atoms with Gasteiger partial charge in [-0.15, -0.1) is 0 Å². The Balaban J connectivity index is 1.87. The fraction of sp³-hybridized carbons (Fsp3) is 0.833. The van der Waals surface area contributed by atoms with Crippen LogP contribution in [0.4, 0.5) is 0 Å². The predicted octanol–water partition coefficient (Wildman–Crippen LogP) is 1.02. The van der Waals surface area contributed by atoms with E-state index in [9.17, 15) is 14.7 Å². The fourth-order valence-corrected chi connectivity index (χ4v) is 3.70. The number of ether oxygens (including phenoxy) is 1. The zero-order valence-corrected chi connectivity index (χ0v) is 11.1. The molecule has 2 saturated heterocycles.